The third kappa shape index (κ3) is 5.30. The second kappa shape index (κ2) is 12.0. The summed E-state index contributed by atoms with van der Waals surface area (Å²) >= 11 is 1.69. The molecule has 0 radical (unpaired) electrons. The van der Waals surface area contributed by atoms with Crippen molar-refractivity contribution in [1.29, 1.82) is 5.26 Å². The van der Waals surface area contributed by atoms with Crippen LogP contribution in [0.2, 0.25) is 0 Å². The quantitative estimate of drug-likeness (QED) is 0.409. The molecule has 6 rings (SSSR count). The Balaban J connectivity index is 1.36. The lowest BCUT2D eigenvalue weighted by Gasteiger charge is -2.45. The van der Waals surface area contributed by atoms with Gasteiger partial charge >= 0.3 is 0 Å². The maximum Gasteiger partial charge on any atom is 0.228 e. The predicted molar refractivity (Wildman–Crippen MR) is 168 cm³/mol. The van der Waals surface area contributed by atoms with E-state index in [2.05, 4.69) is 32.9 Å². The Hall–Kier alpha value is -3.04. The Bertz CT molecular complexity index is 1510. The molecule has 2 aliphatic carbocycles. The molecule has 2 aromatic heterocycles. The molecule has 0 saturated carbocycles. The first-order valence-corrected chi connectivity index (χ1v) is 16.6. The van der Waals surface area contributed by atoms with Crippen LogP contribution in [0.25, 0.3) is 0 Å². The molecule has 0 amide bonds. The fourth-order valence-corrected chi connectivity index (χ4v) is 8.83. The minimum Gasteiger partial charge on any atom is -0.475 e. The van der Waals surface area contributed by atoms with Gasteiger partial charge in [0.05, 0.1) is 24.8 Å². The predicted octanol–water partition coefficient (Wildman–Crippen LogP) is 4.14. The number of thiophene rings is 1. The Morgan fingerprint density at radius 2 is 1.98 bits per heavy atom. The number of carbonyl (C=O) groups is 1. The average Bonchev–Trinajstić information content (AvgIpc) is 3.55. The first-order valence-electron chi connectivity index (χ1n) is 15.8. The van der Waals surface area contributed by atoms with Gasteiger partial charge in [0.1, 0.15) is 24.3 Å². The number of allylic oxidation sites excluding steroid dienone is 2. The molecule has 2 N–H and O–H groups in total. The van der Waals surface area contributed by atoms with Crippen LogP contribution >= 0.6 is 11.3 Å². The first kappa shape index (κ1) is 31.0. The summed E-state index contributed by atoms with van der Waals surface area (Å²) in [6.07, 6.45) is 6.96. The fourth-order valence-electron chi connectivity index (χ4n) is 7.56. The number of rotatable bonds is 9. The number of nitrogens with two attached hydrogens (primary N) is 1. The smallest absolute Gasteiger partial charge is 0.228 e. The van der Waals surface area contributed by atoms with E-state index >= 15 is 0 Å². The number of ketones is 1. The van der Waals surface area contributed by atoms with Crippen molar-refractivity contribution >= 4 is 17.1 Å². The molecule has 11 heteroatoms. The highest BCUT2D eigenvalue weighted by Crippen LogP contribution is 2.52. The van der Waals surface area contributed by atoms with Gasteiger partial charge in [-0.1, -0.05) is 0 Å². The average molecular weight is 621 g/mol. The third-order valence-corrected chi connectivity index (χ3v) is 11.6. The van der Waals surface area contributed by atoms with Crippen LogP contribution in [-0.2, 0) is 16.6 Å². The molecule has 2 fully saturated rings. The van der Waals surface area contributed by atoms with Crippen molar-refractivity contribution in [1.82, 2.24) is 19.8 Å². The molecular weight excluding hydrogens is 576 g/mol. The maximum absolute atomic E-state index is 14.3. The van der Waals surface area contributed by atoms with Crippen LogP contribution in [0, 0.1) is 18.3 Å². The number of aromatic nitrogens is 2. The molecule has 10 nitrogen and oxygen atoms in total. The lowest BCUT2D eigenvalue weighted by Crippen LogP contribution is -2.63. The second-order valence-corrected chi connectivity index (χ2v) is 14.5. The summed E-state index contributed by atoms with van der Waals surface area (Å²) in [6, 6.07) is 4.40. The van der Waals surface area contributed by atoms with Crippen LogP contribution in [0.4, 0.5) is 0 Å². The summed E-state index contributed by atoms with van der Waals surface area (Å²) < 4.78 is 18.1. The molecule has 44 heavy (non-hydrogen) atoms. The normalized spacial score (nSPS) is 25.4. The minimum atomic E-state index is -0.510. The number of fused-ring (bicyclic) bond motifs is 2. The van der Waals surface area contributed by atoms with Gasteiger partial charge in [-0.2, -0.15) is 15.2 Å². The molecule has 236 valence electrons. The Morgan fingerprint density at radius 3 is 2.61 bits per heavy atom. The number of ether oxygens (including phenoxy) is 3. The van der Waals surface area contributed by atoms with E-state index in [-0.39, 0.29) is 29.3 Å². The molecule has 0 aromatic carbocycles. The number of likely N-dealkylation sites (tertiary alicyclic amines) is 1. The van der Waals surface area contributed by atoms with E-state index in [9.17, 15) is 10.1 Å². The van der Waals surface area contributed by atoms with E-state index in [0.717, 1.165) is 67.5 Å². The minimum absolute atomic E-state index is 0.0290. The molecule has 1 unspecified atom stereocenters. The summed E-state index contributed by atoms with van der Waals surface area (Å²) in [7, 11) is 6.12. The van der Waals surface area contributed by atoms with Gasteiger partial charge in [0.15, 0.2) is 0 Å². The highest BCUT2D eigenvalue weighted by Gasteiger charge is 2.46. The monoisotopic (exact) mass is 620 g/mol. The van der Waals surface area contributed by atoms with Crippen molar-refractivity contribution in [3.63, 3.8) is 0 Å². The highest BCUT2D eigenvalue weighted by atomic mass is 32.1. The third-order valence-electron chi connectivity index (χ3n) is 10.4. The van der Waals surface area contributed by atoms with Crippen molar-refractivity contribution in [2.75, 3.05) is 47.5 Å². The molecule has 2 aromatic rings. The molecule has 0 bridgehead atoms. The lowest BCUT2D eigenvalue weighted by molar-refractivity contribution is -0.141. The zero-order valence-corrected chi connectivity index (χ0v) is 27.4. The molecule has 3 atom stereocenters. The van der Waals surface area contributed by atoms with Crippen LogP contribution in [-0.4, -0.2) is 90.7 Å². The number of likely N-dealkylation sites (N-methyl/N-ethyl adjacent to an activating group) is 2. The lowest BCUT2D eigenvalue weighted by atomic mass is 9.62. The van der Waals surface area contributed by atoms with Gasteiger partial charge in [0.2, 0.25) is 23.4 Å². The molecule has 4 aliphatic rings. The van der Waals surface area contributed by atoms with E-state index in [1.165, 1.54) is 4.88 Å². The largest absolute Gasteiger partial charge is 0.475 e. The van der Waals surface area contributed by atoms with Crippen LogP contribution < -0.4 is 15.2 Å². The zero-order chi connectivity index (χ0) is 31.2. The molecule has 1 spiro atoms. The zero-order valence-electron chi connectivity index (χ0n) is 26.6. The van der Waals surface area contributed by atoms with E-state index in [4.69, 9.17) is 19.9 Å². The van der Waals surface area contributed by atoms with Gasteiger partial charge in [-0.25, -0.2) is 0 Å². The SMILES string of the molecule is Cc1sc2c(c1C#N)[C@]1(CCCC(C(=O)c3nc(OCC4(N(C)C)COC4)cc(O[C@@H](C)C4CCCN4C)n3)=C1N)CCC2. The van der Waals surface area contributed by atoms with Gasteiger partial charge < -0.3 is 19.9 Å². The fraction of sp³-hybridized carbons (Fsp3) is 0.636. The Morgan fingerprint density at radius 1 is 1.25 bits per heavy atom. The van der Waals surface area contributed by atoms with E-state index in [1.54, 1.807) is 17.4 Å². The van der Waals surface area contributed by atoms with Crippen LogP contribution in [0.5, 0.6) is 11.8 Å². The van der Waals surface area contributed by atoms with Crippen molar-refractivity contribution in [2.45, 2.75) is 88.3 Å². The van der Waals surface area contributed by atoms with Crippen LogP contribution in [0.3, 0.4) is 0 Å². The molecule has 4 heterocycles. The van der Waals surface area contributed by atoms with E-state index < -0.39 is 5.41 Å². The van der Waals surface area contributed by atoms with Gasteiger partial charge in [0, 0.05) is 32.5 Å². The molecule has 2 saturated heterocycles. The topological polar surface area (TPSA) is 127 Å². The highest BCUT2D eigenvalue weighted by molar-refractivity contribution is 7.12. The van der Waals surface area contributed by atoms with Crippen molar-refractivity contribution in [3.05, 3.63) is 44.0 Å². The summed E-state index contributed by atoms with van der Waals surface area (Å²) in [5.74, 6) is 0.346. The second-order valence-electron chi connectivity index (χ2n) is 13.2. The van der Waals surface area contributed by atoms with E-state index in [0.29, 0.717) is 49.3 Å². The summed E-state index contributed by atoms with van der Waals surface area (Å²) in [6.45, 7) is 6.56. The molecule has 2 aliphatic heterocycles. The van der Waals surface area contributed by atoms with Crippen molar-refractivity contribution in [2.24, 2.45) is 5.73 Å². The van der Waals surface area contributed by atoms with Gasteiger partial charge in [-0.15, -0.1) is 11.3 Å². The van der Waals surface area contributed by atoms with Gasteiger partial charge in [0.25, 0.3) is 0 Å². The molecular formula is C33H44N6O4S. The number of nitrogens with zero attached hydrogens (tertiary/aromatic N) is 5. The number of Topliss-reactive ketones (excluding diaryl/α,β-unsaturated/α-hetero) is 1. The summed E-state index contributed by atoms with van der Waals surface area (Å²) in [5, 5.41) is 10.1. The standard InChI is InChI=1S/C33H44N6O4S/c1-20(24-10-8-14-39(24)5)43-27-15-26(42-19-32(38(3)4)17-41-18-32)36-31(37-27)29(40)22-9-6-12-33(30(22)35)13-7-11-25-28(33)23(16-34)21(2)44-25/h15,20,24H,6-14,17-19,35H2,1-5H3/t20-,24?,33-/m0/s1. The van der Waals surface area contributed by atoms with E-state index in [1.807, 2.05) is 27.9 Å². The number of hydrogen-bond donors (Lipinski definition) is 1. The summed E-state index contributed by atoms with van der Waals surface area (Å²) in [4.78, 5) is 30.2. The van der Waals surface area contributed by atoms with Gasteiger partial charge in [-0.3, -0.25) is 14.6 Å². The summed E-state index contributed by atoms with van der Waals surface area (Å²) in [5.41, 5.74) is 9.13. The Kier molecular flexibility index (Phi) is 8.48. The number of hydrogen-bond acceptors (Lipinski definition) is 11. The van der Waals surface area contributed by atoms with Crippen LogP contribution in [0.1, 0.15) is 83.4 Å². The Labute approximate surface area is 264 Å². The number of nitriles is 1. The van der Waals surface area contributed by atoms with Crippen molar-refractivity contribution in [3.8, 4) is 17.8 Å². The number of carbonyl (C=O) groups excluding carboxylic acids is 1. The van der Waals surface area contributed by atoms with Crippen molar-refractivity contribution < 1.29 is 19.0 Å². The first-order chi connectivity index (χ1) is 21.1. The van der Waals surface area contributed by atoms with Crippen LogP contribution in [0.15, 0.2) is 17.3 Å². The number of aryl methyl sites for hydroxylation is 2. The maximum atomic E-state index is 14.3. The van der Waals surface area contributed by atoms with Gasteiger partial charge in [-0.05, 0) is 98.5 Å².